The number of carbonyl (C=O) groups is 1. The number of carbonyl (C=O) groups excluding carboxylic acids is 1. The van der Waals surface area contributed by atoms with Crippen molar-refractivity contribution in [3.8, 4) is 0 Å². The summed E-state index contributed by atoms with van der Waals surface area (Å²) >= 11 is 0. The highest BCUT2D eigenvalue weighted by molar-refractivity contribution is 5.94. The first-order chi connectivity index (χ1) is 7.67. The zero-order chi connectivity index (χ0) is 11.6. The number of benzene rings is 1. The second-order valence-electron chi connectivity index (χ2n) is 4.58. The highest BCUT2D eigenvalue weighted by Gasteiger charge is 2.39. The molecule has 0 spiro atoms. The molecule has 1 aromatic rings. The van der Waals surface area contributed by atoms with Crippen LogP contribution in [-0.2, 0) is 0 Å². The maximum atomic E-state index is 12.2. The van der Waals surface area contributed by atoms with Crippen molar-refractivity contribution in [2.45, 2.75) is 25.3 Å². The van der Waals surface area contributed by atoms with Gasteiger partial charge in [0.25, 0.3) is 5.91 Å². The van der Waals surface area contributed by atoms with E-state index < -0.39 is 0 Å². The summed E-state index contributed by atoms with van der Waals surface area (Å²) in [5, 5.41) is 9.40. The van der Waals surface area contributed by atoms with Gasteiger partial charge in [0, 0.05) is 12.1 Å². The number of amides is 1. The molecule has 3 heteroatoms. The Morgan fingerprint density at radius 1 is 1.44 bits per heavy atom. The molecule has 1 N–H and O–H groups in total. The Hall–Kier alpha value is -1.35. The first-order valence-electron chi connectivity index (χ1n) is 5.65. The van der Waals surface area contributed by atoms with E-state index in [2.05, 4.69) is 0 Å². The van der Waals surface area contributed by atoms with Gasteiger partial charge in [-0.2, -0.15) is 0 Å². The molecule has 86 valence electrons. The molecule has 1 amide bonds. The summed E-state index contributed by atoms with van der Waals surface area (Å²) < 4.78 is 0. The number of rotatable bonds is 2. The molecule has 1 aromatic carbocycles. The second kappa shape index (κ2) is 4.26. The molecule has 0 aliphatic carbocycles. The molecule has 1 fully saturated rings. The van der Waals surface area contributed by atoms with E-state index in [1.54, 1.807) is 4.90 Å². The highest BCUT2D eigenvalue weighted by Crippen LogP contribution is 2.29. The molecule has 0 bridgehead atoms. The Kier molecular flexibility index (Phi) is 2.97. The first kappa shape index (κ1) is 11.1. The van der Waals surface area contributed by atoms with Gasteiger partial charge in [0.1, 0.15) is 0 Å². The minimum absolute atomic E-state index is 0.0228. The zero-order valence-corrected chi connectivity index (χ0v) is 9.52. The van der Waals surface area contributed by atoms with Crippen molar-refractivity contribution < 1.29 is 9.90 Å². The van der Waals surface area contributed by atoms with Crippen LogP contribution < -0.4 is 0 Å². The van der Waals surface area contributed by atoms with Crippen LogP contribution in [0, 0.1) is 0 Å². The minimum atomic E-state index is -0.382. The molecule has 0 aromatic heterocycles. The second-order valence-corrected chi connectivity index (χ2v) is 4.58. The molecule has 1 unspecified atom stereocenters. The molecule has 1 atom stereocenters. The lowest BCUT2D eigenvalue weighted by atomic mass is 9.99. The minimum Gasteiger partial charge on any atom is -0.394 e. The number of hydrogen-bond donors (Lipinski definition) is 1. The fraction of sp³-hybridized carbons (Fsp3) is 0.462. The van der Waals surface area contributed by atoms with E-state index in [4.69, 9.17) is 0 Å². The Morgan fingerprint density at radius 2 is 2.12 bits per heavy atom. The van der Waals surface area contributed by atoms with Crippen LogP contribution in [0.15, 0.2) is 30.3 Å². The van der Waals surface area contributed by atoms with Gasteiger partial charge in [0.2, 0.25) is 0 Å². The standard InChI is InChI=1S/C13H17NO2/c1-13(10-15)8-5-9-14(13)12(16)11-6-3-2-4-7-11/h2-4,6-7,15H,5,8-10H2,1H3. The van der Waals surface area contributed by atoms with Crippen molar-refractivity contribution in [1.29, 1.82) is 0 Å². The number of hydrogen-bond acceptors (Lipinski definition) is 2. The first-order valence-corrected chi connectivity index (χ1v) is 5.65. The van der Waals surface area contributed by atoms with Crippen molar-refractivity contribution in [1.82, 2.24) is 4.90 Å². The van der Waals surface area contributed by atoms with Crippen LogP contribution in [0.3, 0.4) is 0 Å². The van der Waals surface area contributed by atoms with Crippen molar-refractivity contribution in [2.75, 3.05) is 13.2 Å². The molecule has 0 radical (unpaired) electrons. The predicted octanol–water partition coefficient (Wildman–Crippen LogP) is 1.67. The van der Waals surface area contributed by atoms with E-state index in [0.717, 1.165) is 19.4 Å². The third-order valence-corrected chi connectivity index (χ3v) is 3.36. The Labute approximate surface area is 95.7 Å². The summed E-state index contributed by atoms with van der Waals surface area (Å²) in [5.74, 6) is 0.0228. The van der Waals surface area contributed by atoms with Crippen LogP contribution >= 0.6 is 0 Å². The van der Waals surface area contributed by atoms with Crippen molar-refractivity contribution in [2.24, 2.45) is 0 Å². The zero-order valence-electron chi connectivity index (χ0n) is 9.52. The lowest BCUT2D eigenvalue weighted by Gasteiger charge is -2.33. The fourth-order valence-electron chi connectivity index (χ4n) is 2.27. The molecule has 1 aliphatic heterocycles. The van der Waals surface area contributed by atoms with Crippen LogP contribution in [0.5, 0.6) is 0 Å². The van der Waals surface area contributed by atoms with E-state index in [1.165, 1.54) is 0 Å². The van der Waals surface area contributed by atoms with Gasteiger partial charge < -0.3 is 10.0 Å². The lowest BCUT2D eigenvalue weighted by molar-refractivity contribution is 0.0473. The van der Waals surface area contributed by atoms with Gasteiger partial charge in [-0.1, -0.05) is 18.2 Å². The molecule has 2 rings (SSSR count). The SMILES string of the molecule is CC1(CO)CCCN1C(=O)c1ccccc1. The molecular formula is C13H17NO2. The van der Waals surface area contributed by atoms with Gasteiger partial charge in [0.05, 0.1) is 12.1 Å². The maximum absolute atomic E-state index is 12.2. The lowest BCUT2D eigenvalue weighted by Crippen LogP contribution is -2.47. The monoisotopic (exact) mass is 219 g/mol. The van der Waals surface area contributed by atoms with Crippen LogP contribution in [0.1, 0.15) is 30.1 Å². The average molecular weight is 219 g/mol. The largest absolute Gasteiger partial charge is 0.394 e. The number of aliphatic hydroxyl groups is 1. The van der Waals surface area contributed by atoms with E-state index in [1.807, 2.05) is 37.3 Å². The topological polar surface area (TPSA) is 40.5 Å². The van der Waals surface area contributed by atoms with Crippen LogP contribution in [-0.4, -0.2) is 34.6 Å². The summed E-state index contributed by atoms with van der Waals surface area (Å²) in [5.41, 5.74) is 0.316. The fourth-order valence-corrected chi connectivity index (χ4v) is 2.27. The van der Waals surface area contributed by atoms with E-state index >= 15 is 0 Å². The predicted molar refractivity (Wildman–Crippen MR) is 62.2 cm³/mol. The molecule has 0 saturated carbocycles. The molecule has 3 nitrogen and oxygen atoms in total. The van der Waals surface area contributed by atoms with E-state index in [0.29, 0.717) is 5.56 Å². The van der Waals surface area contributed by atoms with Crippen molar-refractivity contribution >= 4 is 5.91 Å². The summed E-state index contributed by atoms with van der Waals surface area (Å²) in [6.07, 6.45) is 1.84. The Balaban J connectivity index is 2.23. The maximum Gasteiger partial charge on any atom is 0.254 e. The molecule has 16 heavy (non-hydrogen) atoms. The summed E-state index contributed by atoms with van der Waals surface area (Å²) in [4.78, 5) is 14.0. The van der Waals surface area contributed by atoms with Gasteiger partial charge >= 0.3 is 0 Å². The number of likely N-dealkylation sites (tertiary alicyclic amines) is 1. The third kappa shape index (κ3) is 1.83. The van der Waals surface area contributed by atoms with Crippen LogP contribution in [0.25, 0.3) is 0 Å². The molecule has 1 heterocycles. The third-order valence-electron chi connectivity index (χ3n) is 3.36. The van der Waals surface area contributed by atoms with Crippen molar-refractivity contribution in [3.63, 3.8) is 0 Å². The van der Waals surface area contributed by atoms with E-state index in [-0.39, 0.29) is 18.1 Å². The van der Waals surface area contributed by atoms with Gasteiger partial charge in [-0.3, -0.25) is 4.79 Å². The number of nitrogens with zero attached hydrogens (tertiary/aromatic N) is 1. The summed E-state index contributed by atoms with van der Waals surface area (Å²) in [6, 6.07) is 9.25. The average Bonchev–Trinajstić information content (AvgIpc) is 2.72. The van der Waals surface area contributed by atoms with Gasteiger partial charge in [0.15, 0.2) is 0 Å². The summed E-state index contributed by atoms with van der Waals surface area (Å²) in [7, 11) is 0. The van der Waals surface area contributed by atoms with Gasteiger partial charge in [-0.05, 0) is 31.9 Å². The van der Waals surface area contributed by atoms with Crippen LogP contribution in [0.4, 0.5) is 0 Å². The van der Waals surface area contributed by atoms with Gasteiger partial charge in [-0.15, -0.1) is 0 Å². The number of aliphatic hydroxyl groups excluding tert-OH is 1. The smallest absolute Gasteiger partial charge is 0.254 e. The highest BCUT2D eigenvalue weighted by atomic mass is 16.3. The Morgan fingerprint density at radius 3 is 2.75 bits per heavy atom. The van der Waals surface area contributed by atoms with Crippen LogP contribution in [0.2, 0.25) is 0 Å². The van der Waals surface area contributed by atoms with Crippen molar-refractivity contribution in [3.05, 3.63) is 35.9 Å². The summed E-state index contributed by atoms with van der Waals surface area (Å²) in [6.45, 7) is 2.72. The molecule has 1 saturated heterocycles. The quantitative estimate of drug-likeness (QED) is 0.822. The Bertz CT molecular complexity index is 377. The van der Waals surface area contributed by atoms with E-state index in [9.17, 15) is 9.90 Å². The molecular weight excluding hydrogens is 202 g/mol. The molecule has 1 aliphatic rings. The normalized spacial score (nSPS) is 24.8. The van der Waals surface area contributed by atoms with Gasteiger partial charge in [-0.25, -0.2) is 0 Å².